The second-order valence-electron chi connectivity index (χ2n) is 11.3. The molecule has 5 rings (SSSR count). The number of amides is 1. The van der Waals surface area contributed by atoms with Crippen LogP contribution in [0.4, 0.5) is 5.69 Å². The fraction of sp³-hybridized carbons (Fsp3) is 0.345. The van der Waals surface area contributed by atoms with Crippen molar-refractivity contribution in [1.82, 2.24) is 9.47 Å². The molecule has 6 N–H and O–H groups in total. The zero-order valence-electron chi connectivity index (χ0n) is 23.3. The van der Waals surface area contributed by atoms with Gasteiger partial charge in [0, 0.05) is 49.2 Å². The van der Waals surface area contributed by atoms with Crippen molar-refractivity contribution >= 4 is 41.1 Å². The van der Waals surface area contributed by atoms with Crippen LogP contribution >= 0.6 is 0 Å². The Morgan fingerprint density at radius 3 is 2.36 bits per heavy atom. The van der Waals surface area contributed by atoms with E-state index in [-0.39, 0.29) is 35.1 Å². The molecule has 0 unspecified atom stereocenters. The zero-order chi connectivity index (χ0) is 31.0. The van der Waals surface area contributed by atoms with E-state index in [0.717, 1.165) is 4.57 Å². The third-order valence-electron chi connectivity index (χ3n) is 8.50. The minimum atomic E-state index is -2.77. The normalized spacial score (nSPS) is 25.2. The molecule has 2 aromatic rings. The molecule has 3 aliphatic carbocycles. The molecule has 4 atom stereocenters. The van der Waals surface area contributed by atoms with Crippen LogP contribution in [0.5, 0.6) is 5.75 Å². The van der Waals surface area contributed by atoms with Crippen LogP contribution in [0.25, 0.3) is 5.76 Å². The number of phenols is 1. The number of nitrogens with zero attached hydrogens (tertiary/aromatic N) is 3. The maximum Gasteiger partial charge on any atom is 0.265 e. The third kappa shape index (κ3) is 3.80. The third-order valence-corrected chi connectivity index (χ3v) is 8.50. The monoisotopic (exact) mass is 578 g/mol. The van der Waals surface area contributed by atoms with Crippen molar-refractivity contribution < 1.29 is 44.4 Å². The highest BCUT2D eigenvalue weighted by molar-refractivity contribution is 6.24. The number of carbonyl (C=O) groups is 5. The number of benzene rings is 1. The maximum absolute atomic E-state index is 14.1. The molecule has 0 radical (unpaired) electrons. The zero-order valence-corrected chi connectivity index (χ0v) is 23.3. The topological polar surface area (TPSA) is 204 Å². The van der Waals surface area contributed by atoms with Crippen molar-refractivity contribution in [2.75, 3.05) is 33.1 Å². The van der Waals surface area contributed by atoms with Gasteiger partial charge in [-0.2, -0.15) is 0 Å². The first-order valence-corrected chi connectivity index (χ1v) is 13.1. The number of fused-ring (bicyclic) bond motifs is 3. The summed E-state index contributed by atoms with van der Waals surface area (Å²) < 4.78 is 1.09. The number of aliphatic hydroxyl groups excluding tert-OH is 2. The SMILES string of the molecule is CN(C)c1cc(C(=O)n2ccc(C=O)c2)c(O)c2c1C[C@H]1C[C@H]3[C@H](N(C)C)C(=O)C(C(N)=O)=C(O)[C@@]3(O)C(=O)C1=C2O. The highest BCUT2D eigenvalue weighted by atomic mass is 16.3. The number of aliphatic hydroxyl groups is 3. The second kappa shape index (κ2) is 9.67. The molecule has 42 heavy (non-hydrogen) atoms. The van der Waals surface area contributed by atoms with Crippen LogP contribution in [0.1, 0.15) is 38.3 Å². The number of primary amides is 1. The molecule has 0 aliphatic heterocycles. The smallest absolute Gasteiger partial charge is 0.265 e. The van der Waals surface area contributed by atoms with Crippen molar-refractivity contribution in [3.05, 3.63) is 63.7 Å². The Labute approximate surface area is 239 Å². The van der Waals surface area contributed by atoms with E-state index in [4.69, 9.17) is 5.73 Å². The summed E-state index contributed by atoms with van der Waals surface area (Å²) in [5.41, 5.74) is 2.02. The Morgan fingerprint density at radius 1 is 1.14 bits per heavy atom. The molecule has 1 aromatic heterocycles. The Morgan fingerprint density at radius 2 is 1.81 bits per heavy atom. The Bertz CT molecular complexity index is 1660. The lowest BCUT2D eigenvalue weighted by Crippen LogP contribution is -2.65. The Hall–Kier alpha value is -4.75. The summed E-state index contributed by atoms with van der Waals surface area (Å²) in [6.45, 7) is 0. The highest BCUT2D eigenvalue weighted by Crippen LogP contribution is 2.54. The fourth-order valence-electron chi connectivity index (χ4n) is 6.60. The van der Waals surface area contributed by atoms with E-state index < -0.39 is 69.7 Å². The number of rotatable bonds is 5. The molecular weight excluding hydrogens is 548 g/mol. The van der Waals surface area contributed by atoms with Gasteiger partial charge in [-0.05, 0) is 50.6 Å². The summed E-state index contributed by atoms with van der Waals surface area (Å²) in [5.74, 6) is -8.49. The van der Waals surface area contributed by atoms with Gasteiger partial charge in [0.2, 0.25) is 5.78 Å². The number of nitrogens with two attached hydrogens (primary N) is 1. The second-order valence-corrected chi connectivity index (χ2v) is 11.3. The lowest BCUT2D eigenvalue weighted by Gasteiger charge is -2.50. The fourth-order valence-corrected chi connectivity index (χ4v) is 6.60. The van der Waals surface area contributed by atoms with Gasteiger partial charge in [-0.3, -0.25) is 33.4 Å². The number of hydrogen-bond acceptors (Lipinski definition) is 11. The summed E-state index contributed by atoms with van der Waals surface area (Å²) in [4.78, 5) is 67.0. The van der Waals surface area contributed by atoms with Crippen molar-refractivity contribution in [3.63, 3.8) is 0 Å². The largest absolute Gasteiger partial charge is 0.508 e. The Kier molecular flexibility index (Phi) is 6.62. The van der Waals surface area contributed by atoms with E-state index in [9.17, 15) is 44.4 Å². The van der Waals surface area contributed by atoms with Crippen LogP contribution in [-0.2, 0) is 20.8 Å². The average Bonchev–Trinajstić information content (AvgIpc) is 3.39. The Balaban J connectivity index is 1.74. The highest BCUT2D eigenvalue weighted by Gasteiger charge is 2.64. The number of ketones is 2. The van der Waals surface area contributed by atoms with E-state index in [1.54, 1.807) is 19.0 Å². The van der Waals surface area contributed by atoms with E-state index in [1.807, 2.05) is 0 Å². The molecule has 1 fully saturated rings. The first kappa shape index (κ1) is 28.8. The maximum atomic E-state index is 14.1. The van der Waals surface area contributed by atoms with Gasteiger partial charge in [0.1, 0.15) is 22.8 Å². The van der Waals surface area contributed by atoms with Crippen LogP contribution in [-0.4, -0.2) is 99.4 Å². The summed E-state index contributed by atoms with van der Waals surface area (Å²) in [7, 11) is 6.43. The molecule has 0 spiro atoms. The summed E-state index contributed by atoms with van der Waals surface area (Å²) in [5, 5.41) is 45.7. The van der Waals surface area contributed by atoms with E-state index in [0.29, 0.717) is 17.5 Å². The van der Waals surface area contributed by atoms with Crippen molar-refractivity contribution in [2.45, 2.75) is 24.5 Å². The standard InChI is InChI=1S/C29H30N4O9/c1-31(2)17-9-15(28(41)33-6-5-12(10-33)11-34)22(35)19-14(17)7-13-8-16-21(32(3)4)24(37)20(27(30)40)26(39)29(16,42)25(38)18(13)23(19)36/h5-6,9-11,13,16,21,35-36,39,42H,7-8H2,1-4H3,(H2,30,40)/t13-,16-,21-,29-/m0/s1. The molecule has 1 amide bonds. The lowest BCUT2D eigenvalue weighted by atomic mass is 9.57. The molecular formula is C29H30N4O9. The van der Waals surface area contributed by atoms with Crippen LogP contribution < -0.4 is 10.6 Å². The molecule has 0 saturated heterocycles. The first-order valence-electron chi connectivity index (χ1n) is 13.1. The van der Waals surface area contributed by atoms with E-state index >= 15 is 0 Å². The minimum Gasteiger partial charge on any atom is -0.508 e. The van der Waals surface area contributed by atoms with Crippen LogP contribution in [0.2, 0.25) is 0 Å². The first-order chi connectivity index (χ1) is 19.7. The van der Waals surface area contributed by atoms with Crippen molar-refractivity contribution in [1.29, 1.82) is 0 Å². The molecule has 1 saturated carbocycles. The number of aromatic hydroxyl groups is 1. The van der Waals surface area contributed by atoms with Gasteiger partial charge in [0.15, 0.2) is 17.7 Å². The van der Waals surface area contributed by atoms with Gasteiger partial charge in [0.25, 0.3) is 11.8 Å². The van der Waals surface area contributed by atoms with Gasteiger partial charge in [-0.1, -0.05) is 0 Å². The van der Waals surface area contributed by atoms with Gasteiger partial charge in [0.05, 0.1) is 17.2 Å². The minimum absolute atomic E-state index is 0.0576. The number of carbonyl (C=O) groups excluding carboxylic acids is 5. The summed E-state index contributed by atoms with van der Waals surface area (Å²) in [6, 6.07) is 1.66. The summed E-state index contributed by atoms with van der Waals surface area (Å²) in [6.07, 6.45) is 3.18. The lowest BCUT2D eigenvalue weighted by molar-refractivity contribution is -0.153. The van der Waals surface area contributed by atoms with Crippen LogP contribution in [0.15, 0.2) is 41.4 Å². The molecule has 13 heteroatoms. The van der Waals surface area contributed by atoms with E-state index in [2.05, 4.69) is 0 Å². The number of Topliss-reactive ketones (excluding diaryl/α,β-unsaturated/α-hetero) is 2. The number of likely N-dealkylation sites (N-methyl/N-ethyl adjacent to an activating group) is 1. The van der Waals surface area contributed by atoms with E-state index in [1.165, 1.54) is 43.5 Å². The van der Waals surface area contributed by atoms with Crippen molar-refractivity contribution in [2.24, 2.45) is 17.6 Å². The number of aromatic nitrogens is 1. The van der Waals surface area contributed by atoms with Gasteiger partial charge in [-0.15, -0.1) is 0 Å². The van der Waals surface area contributed by atoms with Gasteiger partial charge in [-0.25, -0.2) is 0 Å². The number of phenolic OH excluding ortho intramolecular Hbond substituents is 1. The predicted molar refractivity (Wildman–Crippen MR) is 148 cm³/mol. The number of anilines is 1. The van der Waals surface area contributed by atoms with Crippen LogP contribution in [0, 0.1) is 11.8 Å². The number of aldehydes is 1. The number of hydrogen-bond donors (Lipinski definition) is 5. The van der Waals surface area contributed by atoms with Crippen LogP contribution in [0.3, 0.4) is 0 Å². The molecule has 1 heterocycles. The molecule has 220 valence electrons. The quantitative estimate of drug-likeness (QED) is 0.242. The molecule has 13 nitrogen and oxygen atoms in total. The predicted octanol–water partition coefficient (Wildman–Crippen LogP) is 0.333. The van der Waals surface area contributed by atoms with Gasteiger partial charge < -0.3 is 31.1 Å². The van der Waals surface area contributed by atoms with Crippen molar-refractivity contribution in [3.8, 4) is 5.75 Å². The summed E-state index contributed by atoms with van der Waals surface area (Å²) >= 11 is 0. The average molecular weight is 579 g/mol. The molecule has 0 bridgehead atoms. The van der Waals surface area contributed by atoms with Gasteiger partial charge >= 0.3 is 0 Å². The molecule has 1 aromatic carbocycles. The molecule has 3 aliphatic rings.